The van der Waals surface area contributed by atoms with Gasteiger partial charge in [-0.25, -0.2) is 4.98 Å². The van der Waals surface area contributed by atoms with E-state index in [-0.39, 0.29) is 11.6 Å². The van der Waals surface area contributed by atoms with Gasteiger partial charge in [0.2, 0.25) is 0 Å². The lowest BCUT2D eigenvalue weighted by Crippen LogP contribution is -2.12. The predicted octanol–water partition coefficient (Wildman–Crippen LogP) is 2.19. The van der Waals surface area contributed by atoms with Gasteiger partial charge in [0.15, 0.2) is 0 Å². The minimum atomic E-state index is -4.45. The highest BCUT2D eigenvalue weighted by atomic mass is 19.4. The summed E-state index contributed by atoms with van der Waals surface area (Å²) in [6.07, 6.45) is -3.77. The second-order valence-corrected chi connectivity index (χ2v) is 3.77. The average molecular weight is 232 g/mol. The van der Waals surface area contributed by atoms with E-state index in [1.54, 1.807) is 0 Å². The summed E-state index contributed by atoms with van der Waals surface area (Å²) in [6.45, 7) is 0.968. The molecule has 1 aromatic heterocycles. The van der Waals surface area contributed by atoms with Crippen molar-refractivity contribution in [1.29, 1.82) is 0 Å². The molecular weight excluding hydrogens is 221 g/mol. The third-order valence-electron chi connectivity index (χ3n) is 2.51. The minimum absolute atomic E-state index is 0.0791. The molecule has 0 aromatic carbocycles. The predicted molar refractivity (Wildman–Crippen MR) is 51.8 cm³/mol. The standard InChI is InChI=1S/C10H11F3N2O/c11-10(12,13)9-4-7(14)3-8(15-9)6-1-2-16-5-6/h3-4,6H,1-2,5H2,(H2,14,15). The molecule has 1 aromatic rings. The van der Waals surface area contributed by atoms with E-state index in [1.807, 2.05) is 0 Å². The molecule has 2 heterocycles. The quantitative estimate of drug-likeness (QED) is 0.807. The number of nitrogens with zero attached hydrogens (tertiary/aromatic N) is 1. The first-order valence-electron chi connectivity index (χ1n) is 4.89. The maximum absolute atomic E-state index is 12.5. The molecule has 16 heavy (non-hydrogen) atoms. The lowest BCUT2D eigenvalue weighted by molar-refractivity contribution is -0.141. The largest absolute Gasteiger partial charge is 0.433 e. The van der Waals surface area contributed by atoms with Crippen LogP contribution in [0.1, 0.15) is 23.7 Å². The molecule has 1 atom stereocenters. The van der Waals surface area contributed by atoms with Crippen LogP contribution in [0.5, 0.6) is 0 Å². The van der Waals surface area contributed by atoms with Gasteiger partial charge in [-0.3, -0.25) is 0 Å². The van der Waals surface area contributed by atoms with Gasteiger partial charge in [-0.05, 0) is 18.6 Å². The van der Waals surface area contributed by atoms with E-state index in [2.05, 4.69) is 4.98 Å². The van der Waals surface area contributed by atoms with Crippen LogP contribution in [0.2, 0.25) is 0 Å². The highest BCUT2D eigenvalue weighted by molar-refractivity contribution is 5.42. The zero-order chi connectivity index (χ0) is 11.8. The van der Waals surface area contributed by atoms with Gasteiger partial charge in [0.1, 0.15) is 5.69 Å². The summed E-state index contributed by atoms with van der Waals surface area (Å²) in [7, 11) is 0. The van der Waals surface area contributed by atoms with Crippen molar-refractivity contribution in [3.63, 3.8) is 0 Å². The molecule has 0 radical (unpaired) electrons. The van der Waals surface area contributed by atoms with E-state index in [0.717, 1.165) is 6.07 Å². The molecule has 6 heteroatoms. The summed E-state index contributed by atoms with van der Waals surface area (Å²) in [5.41, 5.74) is 4.96. The van der Waals surface area contributed by atoms with E-state index < -0.39 is 11.9 Å². The molecule has 0 saturated carbocycles. The van der Waals surface area contributed by atoms with Gasteiger partial charge in [0.25, 0.3) is 0 Å². The first-order valence-corrected chi connectivity index (χ1v) is 4.89. The van der Waals surface area contributed by atoms with Gasteiger partial charge in [-0.2, -0.15) is 13.2 Å². The molecule has 1 saturated heterocycles. The number of nitrogen functional groups attached to an aromatic ring is 1. The molecule has 0 bridgehead atoms. The van der Waals surface area contributed by atoms with Crippen molar-refractivity contribution in [1.82, 2.24) is 4.98 Å². The maximum atomic E-state index is 12.5. The summed E-state index contributed by atoms with van der Waals surface area (Å²) in [6, 6.07) is 2.33. The summed E-state index contributed by atoms with van der Waals surface area (Å²) < 4.78 is 42.6. The van der Waals surface area contributed by atoms with Crippen molar-refractivity contribution in [2.24, 2.45) is 0 Å². The zero-order valence-corrected chi connectivity index (χ0v) is 8.42. The molecule has 2 N–H and O–H groups in total. The number of anilines is 1. The van der Waals surface area contributed by atoms with Crippen LogP contribution in [-0.2, 0) is 10.9 Å². The lowest BCUT2D eigenvalue weighted by Gasteiger charge is -2.12. The number of ether oxygens (including phenoxy) is 1. The Morgan fingerprint density at radius 1 is 1.38 bits per heavy atom. The molecule has 88 valence electrons. The minimum Gasteiger partial charge on any atom is -0.399 e. The van der Waals surface area contributed by atoms with Crippen LogP contribution in [0.3, 0.4) is 0 Å². The summed E-state index contributed by atoms with van der Waals surface area (Å²) in [5.74, 6) is -0.0791. The molecule has 1 fully saturated rings. The van der Waals surface area contributed by atoms with E-state index in [4.69, 9.17) is 10.5 Å². The molecule has 2 rings (SSSR count). The highest BCUT2D eigenvalue weighted by Gasteiger charge is 2.34. The number of hydrogen-bond donors (Lipinski definition) is 1. The molecule has 3 nitrogen and oxygen atoms in total. The van der Waals surface area contributed by atoms with Gasteiger partial charge in [-0.1, -0.05) is 0 Å². The molecule has 1 unspecified atom stereocenters. The number of alkyl halides is 3. The van der Waals surface area contributed by atoms with Crippen molar-refractivity contribution >= 4 is 5.69 Å². The van der Waals surface area contributed by atoms with Gasteiger partial charge in [-0.15, -0.1) is 0 Å². The van der Waals surface area contributed by atoms with Crippen molar-refractivity contribution in [3.05, 3.63) is 23.5 Å². The first-order chi connectivity index (χ1) is 7.47. The molecular formula is C10H11F3N2O. The monoisotopic (exact) mass is 232 g/mol. The highest BCUT2D eigenvalue weighted by Crippen LogP contribution is 2.32. The second-order valence-electron chi connectivity index (χ2n) is 3.77. The number of rotatable bonds is 1. The Balaban J connectivity index is 2.35. The number of hydrogen-bond acceptors (Lipinski definition) is 3. The number of aromatic nitrogens is 1. The Hall–Kier alpha value is -1.30. The van der Waals surface area contributed by atoms with Gasteiger partial charge in [0, 0.05) is 23.9 Å². The van der Waals surface area contributed by atoms with Crippen LogP contribution in [0.15, 0.2) is 12.1 Å². The summed E-state index contributed by atoms with van der Waals surface area (Å²) >= 11 is 0. The first kappa shape index (κ1) is 11.2. The Labute approximate surface area is 90.4 Å². The normalized spacial score (nSPS) is 21.3. The fraction of sp³-hybridized carbons (Fsp3) is 0.500. The average Bonchev–Trinajstić information content (AvgIpc) is 2.68. The van der Waals surface area contributed by atoms with Crippen molar-refractivity contribution in [2.45, 2.75) is 18.5 Å². The third-order valence-corrected chi connectivity index (χ3v) is 2.51. The van der Waals surface area contributed by atoms with Crippen LogP contribution >= 0.6 is 0 Å². The molecule has 0 aliphatic carbocycles. The lowest BCUT2D eigenvalue weighted by atomic mass is 10.0. The number of nitrogens with two attached hydrogens (primary N) is 1. The smallest absolute Gasteiger partial charge is 0.399 e. The van der Waals surface area contributed by atoms with E-state index in [0.29, 0.717) is 25.3 Å². The number of halogens is 3. The van der Waals surface area contributed by atoms with Gasteiger partial charge < -0.3 is 10.5 Å². The van der Waals surface area contributed by atoms with Crippen LogP contribution < -0.4 is 5.73 Å². The van der Waals surface area contributed by atoms with Crippen molar-refractivity contribution < 1.29 is 17.9 Å². The molecule has 1 aliphatic heterocycles. The third kappa shape index (κ3) is 2.27. The van der Waals surface area contributed by atoms with Crippen LogP contribution in [-0.4, -0.2) is 18.2 Å². The van der Waals surface area contributed by atoms with E-state index in [9.17, 15) is 13.2 Å². The molecule has 0 spiro atoms. The summed E-state index contributed by atoms with van der Waals surface area (Å²) in [4.78, 5) is 3.60. The van der Waals surface area contributed by atoms with Gasteiger partial charge in [0.05, 0.1) is 6.61 Å². The van der Waals surface area contributed by atoms with Crippen molar-refractivity contribution in [3.8, 4) is 0 Å². The molecule has 1 aliphatic rings. The van der Waals surface area contributed by atoms with Crippen LogP contribution in [0.25, 0.3) is 0 Å². The van der Waals surface area contributed by atoms with Crippen molar-refractivity contribution in [2.75, 3.05) is 18.9 Å². The van der Waals surface area contributed by atoms with Crippen LogP contribution in [0, 0.1) is 0 Å². The molecule has 0 amide bonds. The zero-order valence-electron chi connectivity index (χ0n) is 8.42. The van der Waals surface area contributed by atoms with Crippen LogP contribution in [0.4, 0.5) is 18.9 Å². The van der Waals surface area contributed by atoms with E-state index >= 15 is 0 Å². The second kappa shape index (κ2) is 3.93. The topological polar surface area (TPSA) is 48.1 Å². The Kier molecular flexibility index (Phi) is 2.75. The summed E-state index contributed by atoms with van der Waals surface area (Å²) in [5, 5.41) is 0. The Morgan fingerprint density at radius 3 is 2.69 bits per heavy atom. The Morgan fingerprint density at radius 2 is 2.12 bits per heavy atom. The van der Waals surface area contributed by atoms with E-state index in [1.165, 1.54) is 6.07 Å². The fourth-order valence-electron chi connectivity index (χ4n) is 1.70. The fourth-order valence-corrected chi connectivity index (χ4v) is 1.70. The number of pyridine rings is 1. The SMILES string of the molecule is Nc1cc(C2CCOC2)nc(C(F)(F)F)c1. The van der Waals surface area contributed by atoms with Gasteiger partial charge >= 0.3 is 6.18 Å². The maximum Gasteiger partial charge on any atom is 0.433 e. The Bertz CT molecular complexity index is 386.